The van der Waals surface area contributed by atoms with Crippen LogP contribution in [0.4, 0.5) is 17.1 Å². The Labute approximate surface area is 182 Å². The van der Waals surface area contributed by atoms with Crippen LogP contribution in [0.3, 0.4) is 0 Å². The second-order valence-corrected chi connectivity index (χ2v) is 9.99. The largest absolute Gasteiger partial charge is 0.398 e. The van der Waals surface area contributed by atoms with E-state index in [1.807, 2.05) is 12.1 Å². The Balaban J connectivity index is 1.69. The molecule has 0 aliphatic heterocycles. The molecule has 0 atom stereocenters. The average Bonchev–Trinajstić information content (AvgIpc) is 2.65. The van der Waals surface area contributed by atoms with Gasteiger partial charge in [-0.2, -0.15) is 0 Å². The Morgan fingerprint density at radius 2 is 1.59 bits per heavy atom. The molecule has 9 heteroatoms. The van der Waals surface area contributed by atoms with E-state index in [9.17, 15) is 13.2 Å². The molecule has 150 valence electrons. The second-order valence-electron chi connectivity index (χ2n) is 6.21. The van der Waals surface area contributed by atoms with E-state index in [1.165, 1.54) is 11.8 Å². The van der Waals surface area contributed by atoms with Gasteiger partial charge in [-0.15, -0.1) is 0 Å². The first-order valence-corrected chi connectivity index (χ1v) is 11.9. The molecule has 4 N–H and O–H groups in total. The van der Waals surface area contributed by atoms with Crippen molar-refractivity contribution in [1.29, 1.82) is 0 Å². The van der Waals surface area contributed by atoms with Crippen LogP contribution in [0.5, 0.6) is 0 Å². The third kappa shape index (κ3) is 6.25. The summed E-state index contributed by atoms with van der Waals surface area (Å²) in [6.07, 6.45) is 1.10. The van der Waals surface area contributed by atoms with E-state index >= 15 is 0 Å². The Bertz CT molecular complexity index is 1130. The molecular weight excluding hydrogens is 474 g/mol. The number of anilines is 3. The quantitative estimate of drug-likeness (QED) is 0.429. The molecule has 1 amide bonds. The molecule has 6 nitrogen and oxygen atoms in total. The van der Waals surface area contributed by atoms with Crippen LogP contribution in [0.2, 0.25) is 0 Å². The van der Waals surface area contributed by atoms with Crippen LogP contribution in [0.25, 0.3) is 0 Å². The highest BCUT2D eigenvalue weighted by atomic mass is 79.9. The molecule has 3 aromatic rings. The number of benzene rings is 3. The minimum absolute atomic E-state index is 0.244. The maximum atomic E-state index is 12.4. The van der Waals surface area contributed by atoms with Crippen LogP contribution in [-0.4, -0.2) is 20.6 Å². The van der Waals surface area contributed by atoms with E-state index in [-0.39, 0.29) is 5.91 Å². The standard InChI is InChI=1S/C20H18BrN3O3S2/c1-29(26,27)24-16-7-9-17(10-8-16)28-19-11-2-13(12-18(19)22)20(25)23-15-5-3-14(21)4-6-15/h2-12,24H,22H2,1H3,(H,23,25). The van der Waals surface area contributed by atoms with Crippen molar-refractivity contribution in [2.45, 2.75) is 9.79 Å². The van der Waals surface area contributed by atoms with Gasteiger partial charge in [-0.25, -0.2) is 8.42 Å². The Morgan fingerprint density at radius 3 is 2.17 bits per heavy atom. The van der Waals surface area contributed by atoms with E-state index in [0.717, 1.165) is 20.5 Å². The fraction of sp³-hybridized carbons (Fsp3) is 0.0500. The van der Waals surface area contributed by atoms with Crippen molar-refractivity contribution in [1.82, 2.24) is 0 Å². The molecule has 0 heterocycles. The summed E-state index contributed by atoms with van der Waals surface area (Å²) < 4.78 is 25.9. The lowest BCUT2D eigenvalue weighted by atomic mass is 10.2. The molecular formula is C20H18BrN3O3S2. The number of nitrogens with one attached hydrogen (secondary N) is 2. The van der Waals surface area contributed by atoms with E-state index in [1.54, 1.807) is 54.6 Å². The third-order valence-electron chi connectivity index (χ3n) is 3.76. The maximum absolute atomic E-state index is 12.4. The van der Waals surface area contributed by atoms with Crippen LogP contribution in [0.15, 0.2) is 81.0 Å². The number of nitrogens with two attached hydrogens (primary N) is 1. The van der Waals surface area contributed by atoms with Gasteiger partial charge in [0.2, 0.25) is 10.0 Å². The predicted molar refractivity (Wildman–Crippen MR) is 122 cm³/mol. The predicted octanol–water partition coefficient (Wildman–Crippen LogP) is 4.81. The smallest absolute Gasteiger partial charge is 0.255 e. The Hall–Kier alpha value is -2.49. The first-order valence-electron chi connectivity index (χ1n) is 8.42. The zero-order valence-electron chi connectivity index (χ0n) is 15.3. The molecule has 0 saturated carbocycles. The van der Waals surface area contributed by atoms with Crippen molar-refractivity contribution in [3.05, 3.63) is 76.8 Å². The molecule has 0 aliphatic rings. The molecule has 0 aliphatic carbocycles. The van der Waals surface area contributed by atoms with E-state index in [0.29, 0.717) is 22.6 Å². The number of carbonyl (C=O) groups is 1. The van der Waals surface area contributed by atoms with Gasteiger partial charge in [0.05, 0.1) is 6.26 Å². The fourth-order valence-electron chi connectivity index (χ4n) is 2.45. The molecule has 0 saturated heterocycles. The highest BCUT2D eigenvalue weighted by Gasteiger charge is 2.10. The van der Waals surface area contributed by atoms with Crippen molar-refractivity contribution in [2.75, 3.05) is 22.0 Å². The second kappa shape index (κ2) is 8.89. The number of hydrogen-bond acceptors (Lipinski definition) is 5. The van der Waals surface area contributed by atoms with Gasteiger partial charge in [0.15, 0.2) is 0 Å². The lowest BCUT2D eigenvalue weighted by molar-refractivity contribution is 0.102. The van der Waals surface area contributed by atoms with Crippen LogP contribution >= 0.6 is 27.7 Å². The average molecular weight is 492 g/mol. The summed E-state index contributed by atoms with van der Waals surface area (Å²) in [7, 11) is -3.31. The van der Waals surface area contributed by atoms with Crippen LogP contribution in [0.1, 0.15) is 10.4 Å². The number of amides is 1. The molecule has 0 fully saturated rings. The summed E-state index contributed by atoms with van der Waals surface area (Å²) in [5.41, 5.74) is 8.26. The van der Waals surface area contributed by atoms with Gasteiger partial charge in [0.1, 0.15) is 0 Å². The lowest BCUT2D eigenvalue weighted by Crippen LogP contribution is -2.12. The number of hydrogen-bond donors (Lipinski definition) is 3. The molecule has 29 heavy (non-hydrogen) atoms. The molecule has 3 aromatic carbocycles. The summed E-state index contributed by atoms with van der Waals surface area (Å²) >= 11 is 4.78. The summed E-state index contributed by atoms with van der Waals surface area (Å²) in [5.74, 6) is -0.244. The maximum Gasteiger partial charge on any atom is 0.255 e. The summed E-state index contributed by atoms with van der Waals surface area (Å²) in [4.78, 5) is 14.1. The van der Waals surface area contributed by atoms with Crippen molar-refractivity contribution >= 4 is 60.7 Å². The molecule has 0 unspecified atom stereocenters. The van der Waals surface area contributed by atoms with Crippen LogP contribution in [0, 0.1) is 0 Å². The number of halogens is 1. The number of rotatable bonds is 6. The van der Waals surface area contributed by atoms with Gasteiger partial charge in [-0.1, -0.05) is 27.7 Å². The van der Waals surface area contributed by atoms with Crippen molar-refractivity contribution in [2.24, 2.45) is 0 Å². The topological polar surface area (TPSA) is 101 Å². The molecule has 0 bridgehead atoms. The first-order chi connectivity index (χ1) is 13.7. The Kier molecular flexibility index (Phi) is 6.51. The zero-order valence-corrected chi connectivity index (χ0v) is 18.6. The number of nitrogen functional groups attached to an aromatic ring is 1. The molecule has 0 radical (unpaired) electrons. The summed E-state index contributed by atoms with van der Waals surface area (Å²) in [5, 5.41) is 2.83. The fourth-order valence-corrected chi connectivity index (χ4v) is 4.12. The molecule has 0 aromatic heterocycles. The van der Waals surface area contributed by atoms with Gasteiger partial charge in [-0.3, -0.25) is 9.52 Å². The van der Waals surface area contributed by atoms with Gasteiger partial charge < -0.3 is 11.1 Å². The van der Waals surface area contributed by atoms with Crippen molar-refractivity contribution in [3.63, 3.8) is 0 Å². The number of carbonyl (C=O) groups excluding carboxylic acids is 1. The van der Waals surface area contributed by atoms with E-state index in [4.69, 9.17) is 5.73 Å². The van der Waals surface area contributed by atoms with E-state index in [2.05, 4.69) is 26.0 Å². The monoisotopic (exact) mass is 491 g/mol. The first kappa shape index (κ1) is 21.2. The number of sulfonamides is 1. The lowest BCUT2D eigenvalue weighted by Gasteiger charge is -2.10. The SMILES string of the molecule is CS(=O)(=O)Nc1ccc(Sc2ccc(C(=O)Nc3ccc(Br)cc3)cc2N)cc1. The molecule has 3 rings (SSSR count). The Morgan fingerprint density at radius 1 is 0.966 bits per heavy atom. The normalized spacial score (nSPS) is 11.1. The van der Waals surface area contributed by atoms with Crippen LogP contribution < -0.4 is 15.8 Å². The minimum atomic E-state index is -3.31. The highest BCUT2D eigenvalue weighted by molar-refractivity contribution is 9.10. The van der Waals surface area contributed by atoms with Gasteiger partial charge in [-0.05, 0) is 66.7 Å². The summed E-state index contributed by atoms with van der Waals surface area (Å²) in [6.45, 7) is 0. The van der Waals surface area contributed by atoms with Crippen LogP contribution in [-0.2, 0) is 10.0 Å². The minimum Gasteiger partial charge on any atom is -0.398 e. The summed E-state index contributed by atoms with van der Waals surface area (Å²) in [6, 6.07) is 19.4. The highest BCUT2D eigenvalue weighted by Crippen LogP contribution is 2.33. The van der Waals surface area contributed by atoms with Crippen molar-refractivity contribution < 1.29 is 13.2 Å². The van der Waals surface area contributed by atoms with Gasteiger partial charge in [0, 0.05) is 36.9 Å². The van der Waals surface area contributed by atoms with Gasteiger partial charge >= 0.3 is 0 Å². The third-order valence-corrected chi connectivity index (χ3v) is 5.99. The van der Waals surface area contributed by atoms with Crippen molar-refractivity contribution in [3.8, 4) is 0 Å². The van der Waals surface area contributed by atoms with E-state index < -0.39 is 10.0 Å². The molecule has 0 spiro atoms. The zero-order chi connectivity index (χ0) is 21.0. The van der Waals surface area contributed by atoms with Gasteiger partial charge in [0.25, 0.3) is 5.91 Å².